The Labute approximate surface area is 227 Å². The third-order valence-electron chi connectivity index (χ3n) is 6.64. The van der Waals surface area contributed by atoms with Crippen molar-refractivity contribution in [3.63, 3.8) is 0 Å². The fourth-order valence-electron chi connectivity index (χ4n) is 4.59. The van der Waals surface area contributed by atoms with E-state index in [0.717, 1.165) is 36.0 Å². The molecule has 208 valence electrons. The maximum absolute atomic E-state index is 14.3. The molecule has 37 heavy (non-hydrogen) atoms. The summed E-state index contributed by atoms with van der Waals surface area (Å²) in [6.07, 6.45) is 4.43. The largest absolute Gasteiger partial charge is 0.444 e. The Bertz CT molecular complexity index is 946. The molecule has 1 aromatic rings. The second-order valence-electron chi connectivity index (χ2n) is 11.5. The molecular weight excluding hydrogens is 486 g/mol. The van der Waals surface area contributed by atoms with E-state index in [0.29, 0.717) is 12.2 Å². The van der Waals surface area contributed by atoms with Crippen LogP contribution in [0.2, 0.25) is 0 Å². The fourth-order valence-corrected chi connectivity index (χ4v) is 5.07. The molecular formula is C29H47N3O4S. The molecule has 1 aliphatic rings. The molecule has 5 unspecified atom stereocenters. The molecule has 0 radical (unpaired) electrons. The van der Waals surface area contributed by atoms with Gasteiger partial charge >= 0.3 is 6.09 Å². The Morgan fingerprint density at radius 3 is 2.35 bits per heavy atom. The number of thioether (sulfide) groups is 1. The first-order chi connectivity index (χ1) is 17.3. The lowest BCUT2D eigenvalue weighted by atomic mass is 9.95. The number of carbonyl (C=O) groups excluding carboxylic acids is 3. The highest BCUT2D eigenvalue weighted by molar-refractivity contribution is 7.98. The second-order valence-corrected chi connectivity index (χ2v) is 12.5. The summed E-state index contributed by atoms with van der Waals surface area (Å²) in [5.41, 5.74) is 2.13. The molecule has 1 fully saturated rings. The zero-order chi connectivity index (χ0) is 27.9. The summed E-state index contributed by atoms with van der Waals surface area (Å²) in [7, 11) is 0. The number of aryl methyl sites for hydroxylation is 2. The zero-order valence-electron chi connectivity index (χ0n) is 24.1. The van der Waals surface area contributed by atoms with Crippen LogP contribution in [-0.4, -0.2) is 58.5 Å². The fraction of sp³-hybridized carbons (Fsp3) is 0.690. The quantitative estimate of drug-likeness (QED) is 0.369. The van der Waals surface area contributed by atoms with Crippen LogP contribution in [0.5, 0.6) is 0 Å². The maximum atomic E-state index is 14.3. The van der Waals surface area contributed by atoms with Gasteiger partial charge in [-0.05, 0) is 89.9 Å². The molecule has 7 nitrogen and oxygen atoms in total. The second kappa shape index (κ2) is 13.5. The van der Waals surface area contributed by atoms with Crippen molar-refractivity contribution in [3.05, 3.63) is 34.9 Å². The van der Waals surface area contributed by atoms with Crippen molar-refractivity contribution in [1.29, 1.82) is 0 Å². The number of rotatable bonds is 12. The van der Waals surface area contributed by atoms with Gasteiger partial charge in [-0.2, -0.15) is 11.8 Å². The highest BCUT2D eigenvalue weighted by Crippen LogP contribution is 2.41. The number of benzene rings is 1. The Kier molecular flexibility index (Phi) is 11.3. The Morgan fingerprint density at radius 2 is 1.81 bits per heavy atom. The first-order valence-corrected chi connectivity index (χ1v) is 14.9. The van der Waals surface area contributed by atoms with Gasteiger partial charge in [-0.1, -0.05) is 44.0 Å². The lowest BCUT2D eigenvalue weighted by Crippen LogP contribution is -2.54. The van der Waals surface area contributed by atoms with E-state index in [4.69, 9.17) is 4.74 Å². The van der Waals surface area contributed by atoms with E-state index in [-0.39, 0.29) is 29.8 Å². The molecule has 0 saturated heterocycles. The van der Waals surface area contributed by atoms with Gasteiger partial charge < -0.3 is 20.3 Å². The van der Waals surface area contributed by atoms with Gasteiger partial charge in [0.1, 0.15) is 17.7 Å². The Morgan fingerprint density at radius 1 is 1.16 bits per heavy atom. The van der Waals surface area contributed by atoms with E-state index in [1.807, 2.05) is 45.2 Å². The molecule has 5 atom stereocenters. The number of carbonyl (C=O) groups is 3. The van der Waals surface area contributed by atoms with E-state index in [2.05, 4.69) is 24.5 Å². The third kappa shape index (κ3) is 9.24. The minimum atomic E-state index is -0.788. The first kappa shape index (κ1) is 31.0. The van der Waals surface area contributed by atoms with Gasteiger partial charge in [-0.15, -0.1) is 0 Å². The third-order valence-corrected chi connectivity index (χ3v) is 7.29. The number of amides is 3. The lowest BCUT2D eigenvalue weighted by Gasteiger charge is -2.36. The van der Waals surface area contributed by atoms with E-state index in [1.165, 1.54) is 0 Å². The van der Waals surface area contributed by atoms with Crippen molar-refractivity contribution in [1.82, 2.24) is 15.5 Å². The van der Waals surface area contributed by atoms with E-state index >= 15 is 0 Å². The smallest absolute Gasteiger partial charge is 0.408 e. The van der Waals surface area contributed by atoms with Crippen LogP contribution in [0.25, 0.3) is 0 Å². The van der Waals surface area contributed by atoms with E-state index in [9.17, 15) is 14.4 Å². The van der Waals surface area contributed by atoms with Gasteiger partial charge in [0, 0.05) is 12.1 Å². The van der Waals surface area contributed by atoms with Crippen molar-refractivity contribution in [2.45, 2.75) is 111 Å². The predicted octanol–water partition coefficient (Wildman–Crippen LogP) is 5.53. The lowest BCUT2D eigenvalue weighted by molar-refractivity contribution is -0.143. The molecule has 2 N–H and O–H groups in total. The van der Waals surface area contributed by atoms with Crippen LogP contribution in [-0.2, 0) is 14.3 Å². The summed E-state index contributed by atoms with van der Waals surface area (Å²) in [5, 5.41) is 5.98. The van der Waals surface area contributed by atoms with Crippen LogP contribution in [0.4, 0.5) is 4.79 Å². The standard InChI is InChI=1S/C29H47N3O4S/c1-10-11-21(5)30-26(33)25(22-16-18(2)12-13-19(22)3)32(24-17-20(24)4)27(34)23(14-15-37-9)31-28(35)36-29(6,7)8/h12-13,16,20-21,23-25H,10-11,14-15,17H2,1-9H3,(H,30,33)(H,31,35). The van der Waals surface area contributed by atoms with Crippen molar-refractivity contribution >= 4 is 29.7 Å². The molecule has 0 bridgehead atoms. The number of alkyl carbamates (subject to hydrolysis) is 1. The molecule has 2 rings (SSSR count). The minimum absolute atomic E-state index is 0.00845. The molecule has 0 aromatic heterocycles. The molecule has 1 aromatic carbocycles. The molecule has 0 aliphatic heterocycles. The number of ether oxygens (including phenoxy) is 1. The monoisotopic (exact) mass is 533 g/mol. The van der Waals surface area contributed by atoms with Crippen LogP contribution in [0.15, 0.2) is 18.2 Å². The van der Waals surface area contributed by atoms with Gasteiger partial charge in [0.15, 0.2) is 0 Å². The number of hydrogen-bond acceptors (Lipinski definition) is 5. The van der Waals surface area contributed by atoms with Crippen molar-refractivity contribution in [2.75, 3.05) is 12.0 Å². The van der Waals surface area contributed by atoms with Gasteiger partial charge in [-0.25, -0.2) is 4.79 Å². The first-order valence-electron chi connectivity index (χ1n) is 13.5. The summed E-state index contributed by atoms with van der Waals surface area (Å²) >= 11 is 1.61. The highest BCUT2D eigenvalue weighted by atomic mass is 32.2. The molecule has 1 saturated carbocycles. The zero-order valence-corrected chi connectivity index (χ0v) is 25.0. The topological polar surface area (TPSA) is 87.7 Å². The maximum Gasteiger partial charge on any atom is 0.408 e. The molecule has 3 amide bonds. The van der Waals surface area contributed by atoms with Crippen LogP contribution >= 0.6 is 11.8 Å². The van der Waals surface area contributed by atoms with Gasteiger partial charge in [0.05, 0.1) is 0 Å². The van der Waals surface area contributed by atoms with Crippen molar-refractivity contribution < 1.29 is 19.1 Å². The summed E-state index contributed by atoms with van der Waals surface area (Å²) in [4.78, 5) is 42.6. The summed E-state index contributed by atoms with van der Waals surface area (Å²) in [5.74, 6) is 0.551. The van der Waals surface area contributed by atoms with Crippen molar-refractivity contribution in [3.8, 4) is 0 Å². The molecule has 0 spiro atoms. The number of hydrogen-bond donors (Lipinski definition) is 2. The average Bonchev–Trinajstić information content (AvgIpc) is 3.50. The Hall–Kier alpha value is -2.22. The number of nitrogens with zero attached hydrogens (tertiary/aromatic N) is 1. The van der Waals surface area contributed by atoms with Crippen LogP contribution in [0.3, 0.4) is 0 Å². The molecule has 1 aliphatic carbocycles. The van der Waals surface area contributed by atoms with Crippen LogP contribution < -0.4 is 10.6 Å². The highest BCUT2D eigenvalue weighted by Gasteiger charge is 2.48. The summed E-state index contributed by atoms with van der Waals surface area (Å²) < 4.78 is 5.48. The van der Waals surface area contributed by atoms with Crippen LogP contribution in [0.1, 0.15) is 90.0 Å². The minimum Gasteiger partial charge on any atom is -0.444 e. The summed E-state index contributed by atoms with van der Waals surface area (Å²) in [6, 6.07) is 4.39. The van der Waals surface area contributed by atoms with Gasteiger partial charge in [-0.3, -0.25) is 9.59 Å². The average molecular weight is 534 g/mol. The number of nitrogens with one attached hydrogen (secondary N) is 2. The van der Waals surface area contributed by atoms with Crippen LogP contribution in [0, 0.1) is 19.8 Å². The van der Waals surface area contributed by atoms with Gasteiger partial charge in [0.25, 0.3) is 0 Å². The summed E-state index contributed by atoms with van der Waals surface area (Å²) in [6.45, 7) is 15.5. The normalized spacial score (nSPS) is 19.4. The van der Waals surface area contributed by atoms with E-state index in [1.54, 1.807) is 37.4 Å². The Balaban J connectivity index is 2.52. The predicted molar refractivity (Wildman–Crippen MR) is 152 cm³/mol. The molecule has 8 heteroatoms. The molecule has 0 heterocycles. The van der Waals surface area contributed by atoms with Gasteiger partial charge in [0.2, 0.25) is 11.8 Å². The van der Waals surface area contributed by atoms with E-state index < -0.39 is 23.8 Å². The van der Waals surface area contributed by atoms with Crippen molar-refractivity contribution in [2.24, 2.45) is 5.92 Å². The SMILES string of the molecule is CCCC(C)NC(=O)C(c1cc(C)ccc1C)N(C(=O)C(CCSC)NC(=O)OC(C)(C)C)C1CC1C.